The molecule has 0 saturated carbocycles. The van der Waals surface area contributed by atoms with Gasteiger partial charge in [0.1, 0.15) is 0 Å². The van der Waals surface area contributed by atoms with Gasteiger partial charge in [-0.05, 0) is 204 Å². The van der Waals surface area contributed by atoms with Crippen LogP contribution < -0.4 is 0 Å². The van der Waals surface area contributed by atoms with E-state index in [2.05, 4.69) is 210 Å². The van der Waals surface area contributed by atoms with E-state index < -0.39 is 0 Å². The predicted octanol–water partition coefficient (Wildman–Crippen LogP) is 16.0. The number of fused-ring (bicyclic) bond motifs is 9. The Balaban J connectivity index is 1.19. The number of hydrogen-bond acceptors (Lipinski definition) is 0. The molecule has 0 spiro atoms. The number of hydrogen-bond donors (Lipinski definition) is 0. The van der Waals surface area contributed by atoms with Gasteiger partial charge in [0, 0.05) is 32.9 Å². The van der Waals surface area contributed by atoms with Gasteiger partial charge < -0.3 is 9.13 Å². The lowest BCUT2D eigenvalue weighted by molar-refractivity contribution is 0.617. The van der Waals surface area contributed by atoms with Crippen molar-refractivity contribution < 1.29 is 0 Å². The van der Waals surface area contributed by atoms with Gasteiger partial charge in [0.2, 0.25) is 0 Å². The summed E-state index contributed by atoms with van der Waals surface area (Å²) >= 11 is 0. The zero-order valence-electron chi connectivity index (χ0n) is 35.9. The number of rotatable bonds is 4. The molecule has 2 unspecified atom stereocenters. The fourth-order valence-electron chi connectivity index (χ4n) is 10.4. The van der Waals surface area contributed by atoms with Crippen LogP contribution in [0.5, 0.6) is 0 Å². The smallest absolute Gasteiger partial charge is 0.0547 e. The van der Waals surface area contributed by atoms with Gasteiger partial charge in [-0.3, -0.25) is 0 Å². The van der Waals surface area contributed by atoms with E-state index >= 15 is 0 Å². The average Bonchev–Trinajstić information content (AvgIpc) is 3.76. The Hall–Kier alpha value is -6.64. The van der Waals surface area contributed by atoms with Crippen molar-refractivity contribution in [1.29, 1.82) is 0 Å². The summed E-state index contributed by atoms with van der Waals surface area (Å²) in [4.78, 5) is 0. The van der Waals surface area contributed by atoms with Crippen LogP contribution in [0.3, 0.4) is 0 Å². The number of aromatic nitrogens is 2. The summed E-state index contributed by atoms with van der Waals surface area (Å²) in [5, 5.41) is 5.22. The monoisotopic (exact) mass is 774 g/mol. The molecule has 1 aliphatic rings. The molecule has 0 amide bonds. The first-order valence-corrected chi connectivity index (χ1v) is 21.6. The third kappa shape index (κ3) is 5.40. The maximum absolute atomic E-state index is 2.54. The minimum Gasteiger partial charge on any atom is -0.309 e. The van der Waals surface area contributed by atoms with Gasteiger partial charge in [-0.2, -0.15) is 0 Å². The van der Waals surface area contributed by atoms with E-state index in [1.807, 2.05) is 0 Å². The van der Waals surface area contributed by atoms with Gasteiger partial charge in [-0.15, -0.1) is 0 Å². The van der Waals surface area contributed by atoms with E-state index in [-0.39, 0.29) is 0 Å². The molecule has 0 radical (unpaired) electrons. The van der Waals surface area contributed by atoms with E-state index in [0.717, 1.165) is 0 Å². The summed E-state index contributed by atoms with van der Waals surface area (Å²) in [5.41, 5.74) is 26.0. The molecule has 0 fully saturated rings. The Kier molecular flexibility index (Phi) is 8.16. The van der Waals surface area contributed by atoms with Crippen LogP contribution in [-0.2, 0) is 0 Å². The van der Waals surface area contributed by atoms with E-state index in [1.54, 1.807) is 0 Å². The Morgan fingerprint density at radius 1 is 0.333 bits per heavy atom. The Morgan fingerprint density at radius 2 is 0.683 bits per heavy atom. The Morgan fingerprint density at radius 3 is 1.05 bits per heavy atom. The topological polar surface area (TPSA) is 9.86 Å². The molecule has 292 valence electrons. The molecule has 1 aliphatic carbocycles. The summed E-state index contributed by atoms with van der Waals surface area (Å²) in [5.74, 6) is 0.679. The average molecular weight is 775 g/mol. The predicted molar refractivity (Wildman–Crippen MR) is 257 cm³/mol. The highest BCUT2D eigenvalue weighted by Crippen LogP contribution is 2.51. The van der Waals surface area contributed by atoms with Crippen molar-refractivity contribution in [2.24, 2.45) is 0 Å². The first-order valence-electron chi connectivity index (χ1n) is 21.6. The highest BCUT2D eigenvalue weighted by atomic mass is 15.0. The number of para-hydroxylation sites is 2. The van der Waals surface area contributed by atoms with Crippen LogP contribution in [-0.4, -0.2) is 9.13 Å². The lowest BCUT2D eigenvalue weighted by Crippen LogP contribution is -2.13. The molecular formula is C58H50N2. The van der Waals surface area contributed by atoms with Crippen LogP contribution in [0.15, 0.2) is 146 Å². The molecule has 2 nitrogen and oxygen atoms in total. The standard InChI is InChI=1S/C58H50N2/c1-33-23-43(24-34(2)37(33)5)41-19-21-55-51(27-41)53-29-47-39(7)40(8)48-30-54-52-28-42(44-25-35(3)38(6)36(4)26-44)20-22-56(52)60(46-17-13-10-14-18-46)58(54)32-50(48)49(47)31-57(53)59(55)45-15-11-9-12-16-45/h9-32,39-40H,1-8H3. The fourth-order valence-corrected chi connectivity index (χ4v) is 10.4. The van der Waals surface area contributed by atoms with Crippen LogP contribution in [0.2, 0.25) is 0 Å². The first kappa shape index (κ1) is 36.4. The molecule has 11 rings (SSSR count). The Bertz CT molecular complexity index is 3120. The summed E-state index contributed by atoms with van der Waals surface area (Å²) in [6.07, 6.45) is 0. The van der Waals surface area contributed by atoms with Gasteiger partial charge in [0.25, 0.3) is 0 Å². The highest BCUT2D eigenvalue weighted by Gasteiger charge is 2.31. The molecule has 0 saturated heterocycles. The van der Waals surface area contributed by atoms with E-state index in [4.69, 9.17) is 0 Å². The van der Waals surface area contributed by atoms with Crippen molar-refractivity contribution in [3.63, 3.8) is 0 Å². The quantitative estimate of drug-likeness (QED) is 0.169. The highest BCUT2D eigenvalue weighted by molar-refractivity contribution is 6.14. The van der Waals surface area contributed by atoms with Crippen LogP contribution >= 0.6 is 0 Å². The summed E-state index contributed by atoms with van der Waals surface area (Å²) in [6.45, 7) is 18.3. The van der Waals surface area contributed by atoms with Crippen molar-refractivity contribution in [3.8, 4) is 44.8 Å². The molecule has 0 bridgehead atoms. The van der Waals surface area contributed by atoms with Crippen molar-refractivity contribution in [3.05, 3.63) is 190 Å². The van der Waals surface area contributed by atoms with E-state index in [9.17, 15) is 0 Å². The fraction of sp³-hybridized carbons (Fsp3) is 0.172. The molecule has 2 atom stereocenters. The zero-order chi connectivity index (χ0) is 41.1. The molecule has 10 aromatic rings. The summed E-state index contributed by atoms with van der Waals surface area (Å²) in [7, 11) is 0. The van der Waals surface area contributed by atoms with Gasteiger partial charge in [0.15, 0.2) is 0 Å². The second kappa shape index (κ2) is 13.4. The van der Waals surface area contributed by atoms with Crippen molar-refractivity contribution in [1.82, 2.24) is 9.13 Å². The number of benzene rings is 8. The van der Waals surface area contributed by atoms with Crippen LogP contribution in [0.1, 0.15) is 70.2 Å². The van der Waals surface area contributed by atoms with E-state index in [1.165, 1.54) is 133 Å². The van der Waals surface area contributed by atoms with Crippen LogP contribution in [0, 0.1) is 41.5 Å². The van der Waals surface area contributed by atoms with Crippen molar-refractivity contribution in [2.75, 3.05) is 0 Å². The van der Waals surface area contributed by atoms with Gasteiger partial charge in [0.05, 0.1) is 22.1 Å². The molecule has 8 aromatic carbocycles. The van der Waals surface area contributed by atoms with Crippen LogP contribution in [0.4, 0.5) is 0 Å². The molecule has 60 heavy (non-hydrogen) atoms. The lowest BCUT2D eigenvalue weighted by atomic mass is 9.72. The molecule has 0 aliphatic heterocycles. The number of aryl methyl sites for hydroxylation is 4. The SMILES string of the molecule is Cc1cc(-c2ccc3c(c2)c2cc4c(cc2n3-c2ccccc2)-c2cc3c(cc2C(C)C4C)c2cc(-c4cc(C)c(C)c(C)c4)ccc2n3-c2ccccc2)cc(C)c1C. The zero-order valence-corrected chi connectivity index (χ0v) is 35.9. The Labute approximate surface area is 353 Å². The third-order valence-corrected chi connectivity index (χ3v) is 14.4. The second-order valence-electron chi connectivity index (χ2n) is 17.8. The second-order valence-corrected chi connectivity index (χ2v) is 17.8. The summed E-state index contributed by atoms with van der Waals surface area (Å²) in [6, 6.07) is 55.5. The first-order chi connectivity index (χ1) is 29.0. The van der Waals surface area contributed by atoms with Crippen molar-refractivity contribution in [2.45, 2.75) is 67.2 Å². The molecular weight excluding hydrogens is 725 g/mol. The van der Waals surface area contributed by atoms with Gasteiger partial charge in [-0.1, -0.05) is 86.6 Å². The molecule has 2 aromatic heterocycles. The van der Waals surface area contributed by atoms with Gasteiger partial charge >= 0.3 is 0 Å². The molecule has 2 heteroatoms. The van der Waals surface area contributed by atoms with Crippen molar-refractivity contribution >= 4 is 43.6 Å². The van der Waals surface area contributed by atoms with Gasteiger partial charge in [-0.25, -0.2) is 0 Å². The minimum atomic E-state index is 0.339. The maximum atomic E-state index is 2.54. The summed E-state index contributed by atoms with van der Waals surface area (Å²) < 4.78 is 4.97. The lowest BCUT2D eigenvalue weighted by Gasteiger charge is -2.32. The van der Waals surface area contributed by atoms with Crippen LogP contribution in [0.25, 0.3) is 88.4 Å². The third-order valence-electron chi connectivity index (χ3n) is 14.4. The normalized spacial score (nSPS) is 15.0. The van der Waals surface area contributed by atoms with E-state index in [0.29, 0.717) is 11.8 Å². The largest absolute Gasteiger partial charge is 0.309 e. The molecule has 0 N–H and O–H groups in total. The number of nitrogens with zero attached hydrogens (tertiary/aromatic N) is 2. The molecule has 2 heterocycles. The maximum Gasteiger partial charge on any atom is 0.0547 e. The minimum absolute atomic E-state index is 0.339.